The van der Waals surface area contributed by atoms with E-state index in [9.17, 15) is 5.11 Å². The van der Waals surface area contributed by atoms with Crippen LogP contribution in [-0.2, 0) is 17.4 Å². The normalized spacial score (nSPS) is 12.3. The van der Waals surface area contributed by atoms with Gasteiger partial charge < -0.3 is 10.4 Å². The highest BCUT2D eigenvalue weighted by molar-refractivity contribution is 5.59. The molecule has 0 aromatic heterocycles. The fourth-order valence-electron chi connectivity index (χ4n) is 2.89. The molecule has 0 saturated carbocycles. The number of benzene rings is 2. The minimum absolute atomic E-state index is 0.107. The van der Waals surface area contributed by atoms with Gasteiger partial charge >= 0.3 is 0 Å². The zero-order valence-corrected chi connectivity index (χ0v) is 16.1. The van der Waals surface area contributed by atoms with E-state index in [1.165, 1.54) is 11.1 Å². The van der Waals surface area contributed by atoms with Crippen LogP contribution in [-0.4, -0.2) is 5.11 Å². The summed E-state index contributed by atoms with van der Waals surface area (Å²) in [6, 6.07) is 12.6. The molecule has 0 aliphatic heterocycles. The molecule has 0 aliphatic carbocycles. The van der Waals surface area contributed by atoms with Gasteiger partial charge in [-0.3, -0.25) is 0 Å². The van der Waals surface area contributed by atoms with E-state index in [1.807, 2.05) is 0 Å². The van der Waals surface area contributed by atoms with Crippen LogP contribution in [0.15, 0.2) is 36.4 Å². The molecule has 130 valence electrons. The average molecular weight is 325 g/mol. The second kappa shape index (κ2) is 6.51. The van der Waals surface area contributed by atoms with Crippen LogP contribution in [0, 0.1) is 6.92 Å². The van der Waals surface area contributed by atoms with Crippen LogP contribution < -0.4 is 5.32 Å². The Morgan fingerprint density at radius 1 is 0.875 bits per heavy atom. The first-order chi connectivity index (χ1) is 11.0. The predicted octanol–water partition coefficient (Wildman–Crippen LogP) is 5.91. The van der Waals surface area contributed by atoms with Crippen molar-refractivity contribution in [2.75, 3.05) is 5.32 Å². The van der Waals surface area contributed by atoms with Crippen LogP contribution >= 0.6 is 0 Å². The summed E-state index contributed by atoms with van der Waals surface area (Å²) < 4.78 is 0. The van der Waals surface area contributed by atoms with Gasteiger partial charge in [0.25, 0.3) is 0 Å². The molecule has 2 rings (SSSR count). The van der Waals surface area contributed by atoms with E-state index in [2.05, 4.69) is 90.2 Å². The van der Waals surface area contributed by atoms with Gasteiger partial charge in [0.2, 0.25) is 0 Å². The third-order valence-electron chi connectivity index (χ3n) is 4.47. The lowest BCUT2D eigenvalue weighted by Crippen LogP contribution is -2.18. The van der Waals surface area contributed by atoms with E-state index in [4.69, 9.17) is 0 Å². The summed E-state index contributed by atoms with van der Waals surface area (Å²) >= 11 is 0. The second-order valence-electron chi connectivity index (χ2n) is 8.70. The Morgan fingerprint density at radius 3 is 1.83 bits per heavy atom. The van der Waals surface area contributed by atoms with Crippen LogP contribution in [0.3, 0.4) is 0 Å². The number of hydrogen-bond acceptors (Lipinski definition) is 2. The van der Waals surface area contributed by atoms with E-state index >= 15 is 0 Å². The zero-order valence-electron chi connectivity index (χ0n) is 16.1. The molecule has 0 saturated heterocycles. The Morgan fingerprint density at radius 2 is 1.38 bits per heavy atom. The molecule has 0 atom stereocenters. The van der Waals surface area contributed by atoms with Gasteiger partial charge in [0.1, 0.15) is 5.75 Å². The number of rotatable bonds is 3. The molecule has 2 heteroatoms. The maximum absolute atomic E-state index is 10.8. The van der Waals surface area contributed by atoms with Crippen molar-refractivity contribution in [2.45, 2.75) is 65.8 Å². The molecule has 0 unspecified atom stereocenters. The highest BCUT2D eigenvalue weighted by atomic mass is 16.3. The topological polar surface area (TPSA) is 32.3 Å². The maximum atomic E-state index is 10.8. The van der Waals surface area contributed by atoms with Crippen molar-refractivity contribution in [3.63, 3.8) is 0 Å². The van der Waals surface area contributed by atoms with Gasteiger partial charge in [-0.05, 0) is 41.0 Å². The highest BCUT2D eigenvalue weighted by Gasteiger charge is 2.26. The minimum atomic E-state index is -0.107. The molecule has 0 bridgehead atoms. The largest absolute Gasteiger partial charge is 0.507 e. The third kappa shape index (κ3) is 4.11. The lowest BCUT2D eigenvalue weighted by atomic mass is 9.79. The number of aromatic hydroxyl groups is 1. The average Bonchev–Trinajstić information content (AvgIpc) is 2.45. The summed E-state index contributed by atoms with van der Waals surface area (Å²) in [5.41, 5.74) is 5.40. The Bertz CT molecular complexity index is 682. The van der Waals surface area contributed by atoms with E-state index in [0.29, 0.717) is 5.75 Å². The maximum Gasteiger partial charge on any atom is 0.123 e. The number of aryl methyl sites for hydroxylation is 1. The van der Waals surface area contributed by atoms with E-state index in [-0.39, 0.29) is 10.8 Å². The van der Waals surface area contributed by atoms with Gasteiger partial charge in [-0.15, -0.1) is 0 Å². The lowest BCUT2D eigenvalue weighted by Gasteiger charge is -2.28. The molecule has 0 spiro atoms. The van der Waals surface area contributed by atoms with Gasteiger partial charge in [0.05, 0.1) is 0 Å². The number of phenols is 1. The molecule has 2 aromatic carbocycles. The lowest BCUT2D eigenvalue weighted by molar-refractivity contribution is 0.423. The first kappa shape index (κ1) is 18.4. The molecule has 2 N–H and O–H groups in total. The Hall–Kier alpha value is -1.96. The molecule has 0 radical (unpaired) electrons. The van der Waals surface area contributed by atoms with Crippen LogP contribution in [0.1, 0.15) is 63.8 Å². The van der Waals surface area contributed by atoms with Crippen molar-refractivity contribution in [1.82, 2.24) is 0 Å². The van der Waals surface area contributed by atoms with Crippen molar-refractivity contribution < 1.29 is 5.11 Å². The molecule has 0 aliphatic rings. The standard InChI is InChI=1S/C22H31NO/c1-15-10-8-9-11-16(15)14-23-17-12-18(21(2,3)4)20(24)19(13-17)22(5,6)7/h8-13,23-24H,14H2,1-7H3. The van der Waals surface area contributed by atoms with Crippen molar-refractivity contribution in [3.8, 4) is 5.75 Å². The molecule has 2 nitrogen and oxygen atoms in total. The van der Waals surface area contributed by atoms with Crippen LogP contribution in [0.2, 0.25) is 0 Å². The molecule has 24 heavy (non-hydrogen) atoms. The minimum Gasteiger partial charge on any atom is -0.507 e. The summed E-state index contributed by atoms with van der Waals surface area (Å²) in [7, 11) is 0. The summed E-state index contributed by atoms with van der Waals surface area (Å²) in [5.74, 6) is 0.427. The Labute approximate surface area is 146 Å². The first-order valence-electron chi connectivity index (χ1n) is 8.66. The fourth-order valence-corrected chi connectivity index (χ4v) is 2.89. The van der Waals surface area contributed by atoms with E-state index in [0.717, 1.165) is 23.4 Å². The SMILES string of the molecule is Cc1ccccc1CNc1cc(C(C)(C)C)c(O)c(C(C)(C)C)c1. The molecule has 0 amide bonds. The monoisotopic (exact) mass is 325 g/mol. The molecular formula is C22H31NO. The summed E-state index contributed by atoms with van der Waals surface area (Å²) in [6.07, 6.45) is 0. The van der Waals surface area contributed by atoms with E-state index < -0.39 is 0 Å². The van der Waals surface area contributed by atoms with Gasteiger partial charge in [0, 0.05) is 23.4 Å². The van der Waals surface area contributed by atoms with Crippen LogP contribution in [0.25, 0.3) is 0 Å². The Kier molecular flexibility index (Phi) is 4.98. The third-order valence-corrected chi connectivity index (χ3v) is 4.47. The van der Waals surface area contributed by atoms with Crippen molar-refractivity contribution in [1.29, 1.82) is 0 Å². The predicted molar refractivity (Wildman–Crippen MR) is 104 cm³/mol. The fraction of sp³-hybridized carbons (Fsp3) is 0.455. The van der Waals surface area contributed by atoms with Gasteiger partial charge in [0.15, 0.2) is 0 Å². The van der Waals surface area contributed by atoms with Crippen LogP contribution in [0.5, 0.6) is 5.75 Å². The van der Waals surface area contributed by atoms with Gasteiger partial charge in [-0.25, -0.2) is 0 Å². The van der Waals surface area contributed by atoms with E-state index in [1.54, 1.807) is 0 Å². The number of anilines is 1. The summed E-state index contributed by atoms with van der Waals surface area (Å²) in [5, 5.41) is 14.3. The zero-order chi connectivity index (χ0) is 18.1. The van der Waals surface area contributed by atoms with Gasteiger partial charge in [-0.1, -0.05) is 65.8 Å². The molecule has 0 heterocycles. The molecule has 2 aromatic rings. The second-order valence-corrected chi connectivity index (χ2v) is 8.70. The molecule has 0 fully saturated rings. The number of hydrogen-bond donors (Lipinski definition) is 2. The van der Waals surface area contributed by atoms with Crippen molar-refractivity contribution in [3.05, 3.63) is 58.7 Å². The first-order valence-corrected chi connectivity index (χ1v) is 8.66. The number of nitrogens with one attached hydrogen (secondary N) is 1. The smallest absolute Gasteiger partial charge is 0.123 e. The van der Waals surface area contributed by atoms with Crippen molar-refractivity contribution >= 4 is 5.69 Å². The number of phenolic OH excluding ortho intramolecular Hbond substituents is 1. The summed E-state index contributed by atoms with van der Waals surface area (Å²) in [6.45, 7) is 15.7. The van der Waals surface area contributed by atoms with Crippen molar-refractivity contribution in [2.24, 2.45) is 0 Å². The molecular weight excluding hydrogens is 294 g/mol. The Balaban J connectivity index is 2.41. The van der Waals surface area contributed by atoms with Crippen LogP contribution in [0.4, 0.5) is 5.69 Å². The highest BCUT2D eigenvalue weighted by Crippen LogP contribution is 2.41. The quantitative estimate of drug-likeness (QED) is 0.688. The summed E-state index contributed by atoms with van der Waals surface area (Å²) in [4.78, 5) is 0. The van der Waals surface area contributed by atoms with Gasteiger partial charge in [-0.2, -0.15) is 0 Å².